The molecule has 33 heavy (non-hydrogen) atoms. The van der Waals surface area contributed by atoms with E-state index in [1.807, 2.05) is 35.7 Å². The third-order valence-corrected chi connectivity index (χ3v) is 5.67. The maximum atomic E-state index is 14.2. The lowest BCUT2D eigenvalue weighted by Crippen LogP contribution is -2.11. The smallest absolute Gasteiger partial charge is 0.211 e. The molecule has 5 rings (SSSR count). The molecule has 0 amide bonds. The fraction of sp³-hybridized carbons (Fsp3) is 0. The number of nitrogens with zero attached hydrogens (tertiary/aromatic N) is 4. The Kier molecular flexibility index (Phi) is 5.39. The molecule has 8 heteroatoms. The predicted molar refractivity (Wildman–Crippen MR) is 123 cm³/mol. The second-order valence-electron chi connectivity index (χ2n) is 7.05. The normalized spacial score (nSPS) is 12.0. The summed E-state index contributed by atoms with van der Waals surface area (Å²) in [6.45, 7) is 0. The Balaban J connectivity index is 1.65. The molecule has 3 aromatic carbocycles. The number of hydrogen-bond acceptors (Lipinski definition) is 5. The van der Waals surface area contributed by atoms with Crippen LogP contribution < -0.4 is 4.80 Å². The number of benzene rings is 3. The van der Waals surface area contributed by atoms with Gasteiger partial charge in [0.1, 0.15) is 22.8 Å². The summed E-state index contributed by atoms with van der Waals surface area (Å²) in [5, 5.41) is 16.3. The summed E-state index contributed by atoms with van der Waals surface area (Å²) >= 11 is 1.25. The minimum atomic E-state index is -0.767. The number of hydrogen-bond donors (Lipinski definition) is 0. The van der Waals surface area contributed by atoms with Crippen LogP contribution >= 0.6 is 11.3 Å². The Hall–Kier alpha value is -4.35. The van der Waals surface area contributed by atoms with E-state index < -0.39 is 11.6 Å². The first-order valence-corrected chi connectivity index (χ1v) is 10.7. The highest BCUT2D eigenvalue weighted by Gasteiger charge is 2.13. The molecule has 0 spiro atoms. The van der Waals surface area contributed by atoms with E-state index >= 15 is 0 Å². The first-order valence-electron chi connectivity index (χ1n) is 9.84. The van der Waals surface area contributed by atoms with Gasteiger partial charge in [0.05, 0.1) is 17.8 Å². The SMILES string of the molecule is N#Cc1ccc(/C=N/n2c(-c3cc4ccccc4o3)csc2=Nc2ccc(F)cc2F)cc1. The van der Waals surface area contributed by atoms with Crippen molar-refractivity contribution in [1.29, 1.82) is 5.26 Å². The molecule has 0 aliphatic carbocycles. The lowest BCUT2D eigenvalue weighted by molar-refractivity contribution is 0.584. The second-order valence-corrected chi connectivity index (χ2v) is 7.89. The fourth-order valence-corrected chi connectivity index (χ4v) is 4.04. The summed E-state index contributed by atoms with van der Waals surface area (Å²) in [6, 6.07) is 21.7. The average Bonchev–Trinajstić information content (AvgIpc) is 3.43. The number of fused-ring (bicyclic) bond motifs is 1. The molecule has 0 unspecified atom stereocenters. The van der Waals surface area contributed by atoms with Gasteiger partial charge in [0.2, 0.25) is 4.80 Å². The van der Waals surface area contributed by atoms with Crippen LogP contribution in [0, 0.1) is 23.0 Å². The molecule has 0 aliphatic heterocycles. The molecule has 0 radical (unpaired) electrons. The van der Waals surface area contributed by atoms with E-state index in [2.05, 4.69) is 16.2 Å². The molecule has 2 aromatic heterocycles. The number of thiazole rings is 1. The second kappa shape index (κ2) is 8.65. The van der Waals surface area contributed by atoms with Crippen molar-refractivity contribution in [2.45, 2.75) is 0 Å². The Morgan fingerprint density at radius 2 is 1.82 bits per heavy atom. The molecule has 0 bridgehead atoms. The predicted octanol–water partition coefficient (Wildman–Crippen LogP) is 6.23. The van der Waals surface area contributed by atoms with Crippen LogP contribution in [0.5, 0.6) is 0 Å². The van der Waals surface area contributed by atoms with Gasteiger partial charge in [-0.2, -0.15) is 10.4 Å². The summed E-state index contributed by atoms with van der Waals surface area (Å²) < 4.78 is 35.1. The van der Waals surface area contributed by atoms with Gasteiger partial charge in [-0.15, -0.1) is 11.3 Å². The molecule has 5 aromatic rings. The van der Waals surface area contributed by atoms with Crippen molar-refractivity contribution < 1.29 is 13.2 Å². The molecule has 160 valence electrons. The molecule has 0 fully saturated rings. The van der Waals surface area contributed by atoms with E-state index in [1.54, 1.807) is 35.2 Å². The van der Waals surface area contributed by atoms with Crippen molar-refractivity contribution in [2.75, 3.05) is 0 Å². The lowest BCUT2D eigenvalue weighted by Gasteiger charge is -2.01. The topological polar surface area (TPSA) is 66.6 Å². The van der Waals surface area contributed by atoms with Gasteiger partial charge in [0.15, 0.2) is 11.6 Å². The van der Waals surface area contributed by atoms with Crippen molar-refractivity contribution in [1.82, 2.24) is 4.68 Å². The van der Waals surface area contributed by atoms with Crippen LogP contribution in [-0.4, -0.2) is 10.9 Å². The van der Waals surface area contributed by atoms with E-state index in [1.165, 1.54) is 17.4 Å². The van der Waals surface area contributed by atoms with E-state index in [-0.39, 0.29) is 5.69 Å². The highest BCUT2D eigenvalue weighted by atomic mass is 32.1. The fourth-order valence-electron chi connectivity index (χ4n) is 3.21. The van der Waals surface area contributed by atoms with Gasteiger partial charge in [-0.3, -0.25) is 0 Å². The number of rotatable bonds is 4. The largest absolute Gasteiger partial charge is 0.454 e. The Morgan fingerprint density at radius 1 is 1.00 bits per heavy atom. The highest BCUT2D eigenvalue weighted by Crippen LogP contribution is 2.28. The van der Waals surface area contributed by atoms with E-state index in [4.69, 9.17) is 9.68 Å². The Bertz CT molecular complexity index is 1570. The van der Waals surface area contributed by atoms with Crippen molar-refractivity contribution in [2.24, 2.45) is 10.1 Å². The zero-order valence-electron chi connectivity index (χ0n) is 16.9. The maximum Gasteiger partial charge on any atom is 0.211 e. The zero-order valence-corrected chi connectivity index (χ0v) is 17.8. The van der Waals surface area contributed by atoms with Crippen molar-refractivity contribution in [3.05, 3.63) is 106 Å². The zero-order chi connectivity index (χ0) is 22.8. The Morgan fingerprint density at radius 3 is 2.58 bits per heavy atom. The van der Waals surface area contributed by atoms with Crippen LogP contribution in [0.4, 0.5) is 14.5 Å². The van der Waals surface area contributed by atoms with Crippen molar-refractivity contribution >= 4 is 34.2 Å². The summed E-state index contributed by atoms with van der Waals surface area (Å²) in [4.78, 5) is 4.74. The summed E-state index contributed by atoms with van der Waals surface area (Å²) in [7, 11) is 0. The minimum absolute atomic E-state index is 0.00303. The van der Waals surface area contributed by atoms with Gasteiger partial charge in [-0.1, -0.05) is 30.3 Å². The Labute approximate surface area is 190 Å². The first-order chi connectivity index (χ1) is 16.1. The van der Waals surface area contributed by atoms with Gasteiger partial charge >= 0.3 is 0 Å². The van der Waals surface area contributed by atoms with E-state index in [0.29, 0.717) is 21.8 Å². The van der Waals surface area contributed by atoms with Crippen LogP contribution in [0.1, 0.15) is 11.1 Å². The lowest BCUT2D eigenvalue weighted by atomic mass is 10.2. The van der Waals surface area contributed by atoms with Crippen LogP contribution in [0.3, 0.4) is 0 Å². The molecule has 2 heterocycles. The molecular formula is C25H14F2N4OS. The average molecular weight is 456 g/mol. The number of furan rings is 1. The summed E-state index contributed by atoms with van der Waals surface area (Å²) in [5.74, 6) is -0.867. The van der Waals surface area contributed by atoms with Crippen LogP contribution in [0.25, 0.3) is 22.4 Å². The molecular weight excluding hydrogens is 442 g/mol. The number of halogens is 2. The molecule has 0 N–H and O–H groups in total. The molecule has 0 aliphatic rings. The van der Waals surface area contributed by atoms with Crippen LogP contribution in [0.15, 0.2) is 92.7 Å². The quantitative estimate of drug-likeness (QED) is 0.301. The van der Waals surface area contributed by atoms with Crippen molar-refractivity contribution in [3.8, 4) is 17.5 Å². The number of aromatic nitrogens is 1. The monoisotopic (exact) mass is 456 g/mol. The van der Waals surface area contributed by atoms with Gasteiger partial charge in [-0.25, -0.2) is 18.4 Å². The van der Waals surface area contributed by atoms with E-state index in [0.717, 1.165) is 28.7 Å². The first kappa shape index (κ1) is 20.5. The van der Waals surface area contributed by atoms with Gasteiger partial charge in [0, 0.05) is 16.8 Å². The molecule has 0 saturated carbocycles. The van der Waals surface area contributed by atoms with Gasteiger partial charge < -0.3 is 4.42 Å². The third kappa shape index (κ3) is 4.22. The number of para-hydroxylation sites is 1. The molecule has 0 atom stereocenters. The van der Waals surface area contributed by atoms with Gasteiger partial charge in [0.25, 0.3) is 0 Å². The standard InChI is InChI=1S/C25H14F2N4OS/c26-19-9-10-21(20(27)12-19)30-25-31(29-14-17-7-5-16(13-28)6-8-17)22(15-33-25)24-11-18-3-1-2-4-23(18)32-24/h1-12,14-15H/b29-14+,30-25?. The number of nitriles is 1. The third-order valence-electron chi connectivity index (χ3n) is 4.85. The molecule has 0 saturated heterocycles. The van der Waals surface area contributed by atoms with Crippen LogP contribution in [-0.2, 0) is 0 Å². The highest BCUT2D eigenvalue weighted by molar-refractivity contribution is 7.07. The molecule has 5 nitrogen and oxygen atoms in total. The summed E-state index contributed by atoms with van der Waals surface area (Å²) in [5.41, 5.74) is 2.66. The van der Waals surface area contributed by atoms with Gasteiger partial charge in [-0.05, 0) is 42.0 Å². The van der Waals surface area contributed by atoms with Crippen LogP contribution in [0.2, 0.25) is 0 Å². The van der Waals surface area contributed by atoms with Crippen molar-refractivity contribution in [3.63, 3.8) is 0 Å². The van der Waals surface area contributed by atoms with E-state index in [9.17, 15) is 8.78 Å². The maximum absolute atomic E-state index is 14.2. The summed E-state index contributed by atoms with van der Waals surface area (Å²) in [6.07, 6.45) is 1.61. The minimum Gasteiger partial charge on any atom is -0.454 e.